The molecule has 1 aromatic heterocycles. The smallest absolute Gasteiger partial charge is 0.164 e. The molecule has 33 heavy (non-hydrogen) atoms. The third-order valence-electron chi connectivity index (χ3n) is 6.46. The zero-order valence-corrected chi connectivity index (χ0v) is 19.7. The van der Waals surface area contributed by atoms with Crippen molar-refractivity contribution < 1.29 is 14.6 Å². The predicted molar refractivity (Wildman–Crippen MR) is 130 cm³/mol. The number of nitrogen functional groups attached to an aromatic ring is 1. The average Bonchev–Trinajstić information content (AvgIpc) is 2.85. The van der Waals surface area contributed by atoms with Gasteiger partial charge in [0.1, 0.15) is 30.1 Å². The summed E-state index contributed by atoms with van der Waals surface area (Å²) in [6, 6.07) is 8.23. The van der Waals surface area contributed by atoms with Crippen LogP contribution in [0.15, 0.2) is 24.3 Å². The monoisotopic (exact) mass is 456 g/mol. The van der Waals surface area contributed by atoms with E-state index in [1.54, 1.807) is 7.05 Å². The first kappa shape index (κ1) is 23.7. The number of hydrogen-bond donors (Lipinski definition) is 3. The second-order valence-electron chi connectivity index (χ2n) is 8.80. The highest BCUT2D eigenvalue weighted by molar-refractivity contribution is 5.66. The summed E-state index contributed by atoms with van der Waals surface area (Å²) in [6.07, 6.45) is 1.64. The van der Waals surface area contributed by atoms with Gasteiger partial charge in [0, 0.05) is 49.9 Å². The van der Waals surface area contributed by atoms with E-state index in [-0.39, 0.29) is 6.61 Å². The molecule has 2 fully saturated rings. The van der Waals surface area contributed by atoms with Crippen molar-refractivity contribution >= 4 is 11.6 Å². The Labute approximate surface area is 195 Å². The molecule has 180 valence electrons. The van der Waals surface area contributed by atoms with Crippen LogP contribution in [0.5, 0.6) is 5.75 Å². The number of piperidine rings is 1. The van der Waals surface area contributed by atoms with Crippen molar-refractivity contribution in [2.45, 2.75) is 31.9 Å². The average molecular weight is 457 g/mol. The molecule has 1 atom stereocenters. The predicted octanol–water partition coefficient (Wildman–Crippen LogP) is 1.29. The van der Waals surface area contributed by atoms with E-state index in [0.29, 0.717) is 30.0 Å². The van der Waals surface area contributed by atoms with Crippen molar-refractivity contribution in [3.63, 3.8) is 0 Å². The summed E-state index contributed by atoms with van der Waals surface area (Å²) < 4.78 is 11.3. The first-order valence-corrected chi connectivity index (χ1v) is 11.8. The second kappa shape index (κ2) is 11.1. The van der Waals surface area contributed by atoms with Gasteiger partial charge in [0.25, 0.3) is 0 Å². The minimum absolute atomic E-state index is 0.213. The lowest BCUT2D eigenvalue weighted by atomic mass is 10.0. The molecule has 0 radical (unpaired) electrons. The lowest BCUT2D eigenvalue weighted by Gasteiger charge is -2.40. The molecule has 0 aliphatic carbocycles. The molecule has 2 aliphatic rings. The fourth-order valence-corrected chi connectivity index (χ4v) is 4.56. The quantitative estimate of drug-likeness (QED) is 0.541. The summed E-state index contributed by atoms with van der Waals surface area (Å²) in [5.41, 5.74) is 8.07. The van der Waals surface area contributed by atoms with E-state index in [1.165, 1.54) is 0 Å². The third kappa shape index (κ3) is 5.92. The Morgan fingerprint density at radius 1 is 1.21 bits per heavy atom. The number of nitrogens with two attached hydrogens (primary N) is 1. The molecule has 9 nitrogen and oxygen atoms in total. The summed E-state index contributed by atoms with van der Waals surface area (Å²) in [6.45, 7) is 8.30. The molecule has 0 saturated carbocycles. The van der Waals surface area contributed by atoms with E-state index < -0.39 is 6.10 Å². The maximum atomic E-state index is 9.90. The Morgan fingerprint density at radius 2 is 1.97 bits per heavy atom. The highest BCUT2D eigenvalue weighted by atomic mass is 16.5. The number of anilines is 2. The summed E-state index contributed by atoms with van der Waals surface area (Å²) >= 11 is 0. The van der Waals surface area contributed by atoms with Crippen molar-refractivity contribution in [1.29, 1.82) is 0 Å². The number of likely N-dealkylation sites (N-methyl/N-ethyl adjacent to an activating group) is 1. The number of hydrogen-bond acceptors (Lipinski definition) is 9. The van der Waals surface area contributed by atoms with Crippen molar-refractivity contribution in [2.75, 3.05) is 70.2 Å². The Hall–Kier alpha value is -2.46. The van der Waals surface area contributed by atoms with Gasteiger partial charge in [0.15, 0.2) is 5.82 Å². The van der Waals surface area contributed by atoms with Crippen LogP contribution in [0.4, 0.5) is 11.6 Å². The molecule has 9 heteroatoms. The van der Waals surface area contributed by atoms with Crippen LogP contribution >= 0.6 is 0 Å². The summed E-state index contributed by atoms with van der Waals surface area (Å²) in [4.78, 5) is 14.4. The van der Waals surface area contributed by atoms with E-state index >= 15 is 0 Å². The van der Waals surface area contributed by atoms with Gasteiger partial charge in [-0.05, 0) is 38.9 Å². The van der Waals surface area contributed by atoms with Crippen molar-refractivity contribution in [3.8, 4) is 17.1 Å². The summed E-state index contributed by atoms with van der Waals surface area (Å²) in [7, 11) is 1.80. The number of ether oxygens (including phenoxy) is 2. The second-order valence-corrected chi connectivity index (χ2v) is 8.80. The number of nitrogens with one attached hydrogen (secondary N) is 1. The van der Waals surface area contributed by atoms with Gasteiger partial charge in [-0.3, -0.25) is 4.90 Å². The Balaban J connectivity index is 1.47. The molecular formula is C24H36N6O3. The fraction of sp³-hybridized carbons (Fsp3) is 0.583. The Bertz CT molecular complexity index is 913. The number of benzene rings is 1. The number of aromatic nitrogens is 2. The molecule has 4 rings (SSSR count). The molecule has 0 spiro atoms. The van der Waals surface area contributed by atoms with E-state index in [1.807, 2.05) is 31.2 Å². The highest BCUT2D eigenvalue weighted by Gasteiger charge is 2.27. The highest BCUT2D eigenvalue weighted by Crippen LogP contribution is 2.30. The minimum Gasteiger partial charge on any atom is -0.491 e. The number of nitrogens with zero attached hydrogens (tertiary/aromatic N) is 4. The normalized spacial score (nSPS) is 18.9. The van der Waals surface area contributed by atoms with Crippen molar-refractivity contribution in [2.24, 2.45) is 0 Å². The third-order valence-corrected chi connectivity index (χ3v) is 6.46. The first-order chi connectivity index (χ1) is 16.0. The Kier molecular flexibility index (Phi) is 7.97. The van der Waals surface area contributed by atoms with E-state index in [0.717, 1.165) is 69.2 Å². The molecule has 2 saturated heterocycles. The zero-order chi connectivity index (χ0) is 23.2. The zero-order valence-electron chi connectivity index (χ0n) is 19.7. The molecule has 3 heterocycles. The number of aliphatic hydroxyl groups is 1. The van der Waals surface area contributed by atoms with E-state index in [4.69, 9.17) is 20.2 Å². The van der Waals surface area contributed by atoms with Gasteiger partial charge in [0.2, 0.25) is 0 Å². The van der Waals surface area contributed by atoms with Crippen LogP contribution in [0, 0.1) is 6.92 Å². The topological polar surface area (TPSA) is 109 Å². The standard InChI is InChI=1S/C24H36N6O3/c1-17-22(25)27-23(18-4-3-5-21(14-18)33-16-20(31)15-26-2)28-24(17)30-8-6-19(7-9-30)29-10-12-32-13-11-29/h3-5,14,19-20,26,31H,6-13,15-16H2,1-2H3,(H2,25,27,28). The van der Waals surface area contributed by atoms with Crippen LogP contribution < -0.4 is 20.7 Å². The lowest BCUT2D eigenvalue weighted by Crippen LogP contribution is -2.49. The van der Waals surface area contributed by atoms with Crippen LogP contribution in [0.2, 0.25) is 0 Å². The van der Waals surface area contributed by atoms with Gasteiger partial charge in [-0.1, -0.05) is 12.1 Å². The van der Waals surface area contributed by atoms with Gasteiger partial charge in [-0.2, -0.15) is 0 Å². The van der Waals surface area contributed by atoms with Gasteiger partial charge >= 0.3 is 0 Å². The number of rotatable bonds is 8. The molecule has 1 aromatic carbocycles. The Morgan fingerprint density at radius 3 is 2.70 bits per heavy atom. The summed E-state index contributed by atoms with van der Waals surface area (Å²) in [5, 5.41) is 12.8. The van der Waals surface area contributed by atoms with Gasteiger partial charge < -0.3 is 30.5 Å². The summed E-state index contributed by atoms with van der Waals surface area (Å²) in [5.74, 6) is 2.66. The van der Waals surface area contributed by atoms with Crippen molar-refractivity contribution in [3.05, 3.63) is 29.8 Å². The lowest BCUT2D eigenvalue weighted by molar-refractivity contribution is 0.0114. The number of aliphatic hydroxyl groups excluding tert-OH is 1. The van der Waals surface area contributed by atoms with E-state index in [2.05, 4.69) is 20.1 Å². The molecule has 2 aliphatic heterocycles. The maximum absolute atomic E-state index is 9.90. The van der Waals surface area contributed by atoms with Crippen molar-refractivity contribution in [1.82, 2.24) is 20.2 Å². The minimum atomic E-state index is -0.572. The molecule has 0 bridgehead atoms. The van der Waals surface area contributed by atoms with Gasteiger partial charge in [0.05, 0.1) is 13.2 Å². The number of morpholine rings is 1. The van der Waals surface area contributed by atoms with E-state index in [9.17, 15) is 5.11 Å². The molecular weight excluding hydrogens is 420 g/mol. The molecule has 2 aromatic rings. The first-order valence-electron chi connectivity index (χ1n) is 11.8. The SMILES string of the molecule is CNCC(O)COc1cccc(-c2nc(N)c(C)c(N3CCC(N4CCOCC4)CC3)n2)c1. The fourth-order valence-electron chi connectivity index (χ4n) is 4.56. The molecule has 0 amide bonds. The van der Waals surface area contributed by atoms with Gasteiger partial charge in [-0.15, -0.1) is 0 Å². The maximum Gasteiger partial charge on any atom is 0.164 e. The largest absolute Gasteiger partial charge is 0.491 e. The van der Waals surface area contributed by atoms with Crippen LogP contribution in [-0.4, -0.2) is 91.7 Å². The van der Waals surface area contributed by atoms with Crippen LogP contribution in [-0.2, 0) is 4.74 Å². The van der Waals surface area contributed by atoms with Crippen LogP contribution in [0.25, 0.3) is 11.4 Å². The molecule has 1 unspecified atom stereocenters. The van der Waals surface area contributed by atoms with Crippen LogP contribution in [0.3, 0.4) is 0 Å². The molecule has 4 N–H and O–H groups in total. The van der Waals surface area contributed by atoms with Gasteiger partial charge in [-0.25, -0.2) is 9.97 Å². The van der Waals surface area contributed by atoms with Crippen LogP contribution in [0.1, 0.15) is 18.4 Å².